The second kappa shape index (κ2) is 27.9. The average molecular weight is 526 g/mol. The van der Waals surface area contributed by atoms with Crippen molar-refractivity contribution < 1.29 is 19.8 Å². The van der Waals surface area contributed by atoms with Gasteiger partial charge in [0.1, 0.15) is 0 Å². The van der Waals surface area contributed by atoms with E-state index in [1.165, 1.54) is 116 Å². The molecule has 0 fully saturated rings. The first-order chi connectivity index (χ1) is 18.0. The van der Waals surface area contributed by atoms with Crippen LogP contribution in [0.2, 0.25) is 0 Å². The van der Waals surface area contributed by atoms with E-state index in [9.17, 15) is 14.7 Å². The Balaban J connectivity index is 4.07. The molecule has 0 aliphatic heterocycles. The fourth-order valence-corrected chi connectivity index (χ4v) is 5.21. The summed E-state index contributed by atoms with van der Waals surface area (Å²) in [5.74, 6) is -1.92. The molecule has 0 aliphatic carbocycles. The minimum Gasteiger partial charge on any atom is -0.481 e. The van der Waals surface area contributed by atoms with Gasteiger partial charge in [-0.3, -0.25) is 9.59 Å². The molecule has 37 heavy (non-hydrogen) atoms. The van der Waals surface area contributed by atoms with Crippen LogP contribution in [0, 0.1) is 5.92 Å². The summed E-state index contributed by atoms with van der Waals surface area (Å²) in [5, 5.41) is 18.9. The highest BCUT2D eigenvalue weighted by Gasteiger charge is 2.21. The van der Waals surface area contributed by atoms with Gasteiger partial charge in [-0.1, -0.05) is 149 Å². The normalized spacial score (nSPS) is 12.3. The van der Waals surface area contributed by atoms with Crippen molar-refractivity contribution in [3.05, 3.63) is 0 Å². The van der Waals surface area contributed by atoms with E-state index in [1.54, 1.807) is 0 Å². The van der Waals surface area contributed by atoms with Crippen LogP contribution < -0.4 is 0 Å². The molecule has 1 unspecified atom stereocenters. The molecule has 2 N–H and O–H groups in total. The first-order valence-corrected chi connectivity index (χ1v) is 16.2. The van der Waals surface area contributed by atoms with Gasteiger partial charge in [-0.15, -0.1) is 0 Å². The molecule has 0 rings (SSSR count). The van der Waals surface area contributed by atoms with E-state index in [1.807, 2.05) is 0 Å². The third-order valence-electron chi connectivity index (χ3n) is 7.70. The Bertz CT molecular complexity index is 511. The number of carboxylic acid groups (broad SMARTS) is 2. The Kier molecular flexibility index (Phi) is 27.1. The molecule has 5 heteroatoms. The molecule has 0 bridgehead atoms. The van der Waals surface area contributed by atoms with Gasteiger partial charge in [-0.2, -0.15) is 0 Å². The Morgan fingerprint density at radius 1 is 0.541 bits per heavy atom. The zero-order valence-corrected chi connectivity index (χ0v) is 24.8. The van der Waals surface area contributed by atoms with E-state index < -0.39 is 11.9 Å². The van der Waals surface area contributed by atoms with E-state index in [0.29, 0.717) is 19.5 Å². The number of rotatable bonds is 30. The number of carbonyl (C=O) groups is 2. The summed E-state index contributed by atoms with van der Waals surface area (Å²) >= 11 is 0. The zero-order chi connectivity index (χ0) is 27.4. The molecule has 0 aliphatic rings. The molecule has 0 saturated heterocycles. The topological polar surface area (TPSA) is 77.8 Å². The van der Waals surface area contributed by atoms with Gasteiger partial charge in [-0.25, -0.2) is 0 Å². The van der Waals surface area contributed by atoms with E-state index in [-0.39, 0.29) is 12.3 Å². The van der Waals surface area contributed by atoms with Gasteiger partial charge in [0.05, 0.1) is 12.3 Å². The average Bonchev–Trinajstić information content (AvgIpc) is 2.87. The Labute approximate surface area is 230 Å². The lowest BCUT2D eigenvalue weighted by Gasteiger charge is -2.25. The summed E-state index contributed by atoms with van der Waals surface area (Å²) in [4.78, 5) is 25.1. The second-order valence-corrected chi connectivity index (χ2v) is 11.3. The fourth-order valence-electron chi connectivity index (χ4n) is 5.21. The third-order valence-corrected chi connectivity index (χ3v) is 7.70. The van der Waals surface area contributed by atoms with Crippen molar-refractivity contribution >= 4 is 11.9 Å². The molecule has 0 heterocycles. The number of aliphatic carboxylic acids is 2. The molecular formula is C32H63NO4. The highest BCUT2D eigenvalue weighted by molar-refractivity contribution is 5.70. The first kappa shape index (κ1) is 35.9. The van der Waals surface area contributed by atoms with E-state index in [2.05, 4.69) is 18.7 Å². The zero-order valence-electron chi connectivity index (χ0n) is 24.8. The summed E-state index contributed by atoms with van der Waals surface area (Å²) in [6.45, 7) is 6.25. The van der Waals surface area contributed by atoms with Crippen LogP contribution in [0.3, 0.4) is 0 Å². The van der Waals surface area contributed by atoms with E-state index in [4.69, 9.17) is 5.11 Å². The van der Waals surface area contributed by atoms with Crippen LogP contribution in [0.1, 0.15) is 168 Å². The smallest absolute Gasteiger partial charge is 0.307 e. The quantitative estimate of drug-likeness (QED) is 0.0913. The largest absolute Gasteiger partial charge is 0.481 e. The van der Waals surface area contributed by atoms with Crippen molar-refractivity contribution in [3.8, 4) is 0 Å². The standard InChI is InChI=1S/C32H63NO4/c1-3-5-7-9-11-13-15-16-18-20-22-24-27-33(28-26-31(34)35)29-30(32(36)37)25-23-21-19-17-14-12-10-8-6-4-2/h30H,3-29H2,1-2H3,(H,34,35)(H,36,37). The van der Waals surface area contributed by atoms with Crippen LogP contribution in [0.15, 0.2) is 0 Å². The van der Waals surface area contributed by atoms with Crippen LogP contribution in [-0.4, -0.2) is 46.7 Å². The molecular weight excluding hydrogens is 462 g/mol. The highest BCUT2D eigenvalue weighted by atomic mass is 16.4. The van der Waals surface area contributed by atoms with Crippen LogP contribution in [-0.2, 0) is 9.59 Å². The minimum atomic E-state index is -0.804. The lowest BCUT2D eigenvalue weighted by molar-refractivity contribution is -0.142. The summed E-state index contributed by atoms with van der Waals surface area (Å²) in [6, 6.07) is 0. The number of hydrogen-bond donors (Lipinski definition) is 2. The molecule has 0 radical (unpaired) electrons. The fraction of sp³-hybridized carbons (Fsp3) is 0.938. The van der Waals surface area contributed by atoms with Gasteiger partial charge < -0.3 is 15.1 Å². The predicted octanol–water partition coefficient (Wildman–Crippen LogP) is 9.48. The maximum Gasteiger partial charge on any atom is 0.307 e. The van der Waals surface area contributed by atoms with E-state index >= 15 is 0 Å². The molecule has 0 aromatic heterocycles. The molecule has 0 aromatic rings. The molecule has 1 atom stereocenters. The third kappa shape index (κ3) is 26.3. The van der Waals surface area contributed by atoms with Crippen molar-refractivity contribution in [2.45, 2.75) is 168 Å². The lowest BCUT2D eigenvalue weighted by Crippen LogP contribution is -2.35. The molecule has 0 saturated carbocycles. The van der Waals surface area contributed by atoms with Crippen LogP contribution in [0.25, 0.3) is 0 Å². The maximum absolute atomic E-state index is 11.9. The molecule has 0 aromatic carbocycles. The van der Waals surface area contributed by atoms with Crippen molar-refractivity contribution in [2.24, 2.45) is 5.92 Å². The summed E-state index contributed by atoms with van der Waals surface area (Å²) in [5.41, 5.74) is 0. The van der Waals surface area contributed by atoms with Gasteiger partial charge in [-0.05, 0) is 19.4 Å². The summed E-state index contributed by atoms with van der Waals surface area (Å²) in [6.07, 6.45) is 28.8. The highest BCUT2D eigenvalue weighted by Crippen LogP contribution is 2.17. The summed E-state index contributed by atoms with van der Waals surface area (Å²) in [7, 11) is 0. The van der Waals surface area contributed by atoms with Crippen molar-refractivity contribution in [1.82, 2.24) is 4.90 Å². The van der Waals surface area contributed by atoms with Crippen molar-refractivity contribution in [1.29, 1.82) is 0 Å². The number of hydrogen-bond acceptors (Lipinski definition) is 3. The lowest BCUT2D eigenvalue weighted by atomic mass is 9.99. The molecule has 0 amide bonds. The van der Waals surface area contributed by atoms with Crippen molar-refractivity contribution in [2.75, 3.05) is 19.6 Å². The van der Waals surface area contributed by atoms with Gasteiger partial charge in [0.15, 0.2) is 0 Å². The van der Waals surface area contributed by atoms with Crippen LogP contribution in [0.4, 0.5) is 0 Å². The van der Waals surface area contributed by atoms with Gasteiger partial charge >= 0.3 is 11.9 Å². The molecule has 0 spiro atoms. The molecule has 220 valence electrons. The van der Waals surface area contributed by atoms with Crippen molar-refractivity contribution in [3.63, 3.8) is 0 Å². The second-order valence-electron chi connectivity index (χ2n) is 11.3. The van der Waals surface area contributed by atoms with Gasteiger partial charge in [0.2, 0.25) is 0 Å². The SMILES string of the molecule is CCCCCCCCCCCCCCN(CCC(=O)O)CC(CCCCCCCCCCCC)C(=O)O. The Hall–Kier alpha value is -1.10. The first-order valence-electron chi connectivity index (χ1n) is 16.2. The minimum absolute atomic E-state index is 0.0862. The predicted molar refractivity (Wildman–Crippen MR) is 157 cm³/mol. The van der Waals surface area contributed by atoms with Crippen LogP contribution >= 0.6 is 0 Å². The van der Waals surface area contributed by atoms with E-state index in [0.717, 1.165) is 32.2 Å². The number of carboxylic acids is 2. The Morgan fingerprint density at radius 2 is 0.919 bits per heavy atom. The molecule has 5 nitrogen and oxygen atoms in total. The number of nitrogens with zero attached hydrogens (tertiary/aromatic N) is 1. The number of unbranched alkanes of at least 4 members (excludes halogenated alkanes) is 20. The maximum atomic E-state index is 11.9. The summed E-state index contributed by atoms with van der Waals surface area (Å²) < 4.78 is 0. The van der Waals surface area contributed by atoms with Gasteiger partial charge in [0, 0.05) is 13.1 Å². The van der Waals surface area contributed by atoms with Crippen LogP contribution in [0.5, 0.6) is 0 Å². The Morgan fingerprint density at radius 3 is 1.30 bits per heavy atom. The monoisotopic (exact) mass is 525 g/mol. The van der Waals surface area contributed by atoms with Gasteiger partial charge in [0.25, 0.3) is 0 Å².